The lowest BCUT2D eigenvalue weighted by Crippen LogP contribution is -2.22. The third-order valence-electron chi connectivity index (χ3n) is 3.29. The summed E-state index contributed by atoms with van der Waals surface area (Å²) in [5, 5.41) is 2.75. The number of ether oxygens (including phenoxy) is 1. The Morgan fingerprint density at radius 3 is 2.50 bits per heavy atom. The van der Waals surface area contributed by atoms with Gasteiger partial charge in [0.25, 0.3) is 0 Å². The van der Waals surface area contributed by atoms with Gasteiger partial charge in [-0.25, -0.2) is 4.79 Å². The van der Waals surface area contributed by atoms with Gasteiger partial charge in [-0.2, -0.15) is 0 Å². The molecule has 0 aliphatic heterocycles. The first-order chi connectivity index (χ1) is 9.69. The lowest BCUT2D eigenvalue weighted by Gasteiger charge is -2.16. The van der Waals surface area contributed by atoms with Crippen molar-refractivity contribution in [1.29, 1.82) is 0 Å². The van der Waals surface area contributed by atoms with Crippen LogP contribution in [0.4, 0.5) is 10.5 Å². The highest BCUT2D eigenvalue weighted by Gasteiger charge is 2.12. The lowest BCUT2D eigenvalue weighted by molar-refractivity contribution is 0.101. The van der Waals surface area contributed by atoms with Crippen molar-refractivity contribution in [3.8, 4) is 0 Å². The molecule has 0 radical (unpaired) electrons. The first-order valence-electron chi connectivity index (χ1n) is 7.46. The molecule has 1 atom stereocenters. The molecular formula is C16H26N2O2. The molecule has 1 rings (SSSR count). The first kappa shape index (κ1) is 16.5. The van der Waals surface area contributed by atoms with Gasteiger partial charge >= 0.3 is 6.09 Å². The third kappa shape index (κ3) is 6.06. The molecule has 20 heavy (non-hydrogen) atoms. The van der Waals surface area contributed by atoms with E-state index >= 15 is 0 Å². The molecule has 0 heterocycles. The molecule has 1 amide bonds. The van der Waals surface area contributed by atoms with Crippen molar-refractivity contribution in [1.82, 2.24) is 0 Å². The van der Waals surface area contributed by atoms with Gasteiger partial charge in [0.1, 0.15) is 6.10 Å². The average molecular weight is 278 g/mol. The number of nitrogens with two attached hydrogens (primary N) is 1. The molecule has 0 fully saturated rings. The molecule has 1 aromatic carbocycles. The van der Waals surface area contributed by atoms with Gasteiger partial charge in [0.05, 0.1) is 0 Å². The third-order valence-corrected chi connectivity index (χ3v) is 3.29. The van der Waals surface area contributed by atoms with Crippen molar-refractivity contribution in [2.45, 2.75) is 58.6 Å². The Morgan fingerprint density at radius 1 is 1.25 bits per heavy atom. The van der Waals surface area contributed by atoms with Crippen LogP contribution in [0, 0.1) is 0 Å². The standard InChI is InChI=1S/C16H26N2O2/c1-3-5-6-7-15(4-2)20-16(19)18-14-10-8-13(12-17)9-11-14/h8-11,15H,3-7,12,17H2,1-2H3,(H,18,19). The largest absolute Gasteiger partial charge is 0.446 e. The highest BCUT2D eigenvalue weighted by molar-refractivity contribution is 5.84. The number of unbranched alkanes of at least 4 members (excludes halogenated alkanes) is 2. The minimum absolute atomic E-state index is 0.00450. The molecule has 0 saturated heterocycles. The Hall–Kier alpha value is -1.55. The van der Waals surface area contributed by atoms with Gasteiger partial charge in [-0.3, -0.25) is 5.32 Å². The Balaban J connectivity index is 2.40. The summed E-state index contributed by atoms with van der Waals surface area (Å²) in [5.74, 6) is 0. The van der Waals surface area contributed by atoms with Crippen LogP contribution in [0.1, 0.15) is 51.5 Å². The quantitative estimate of drug-likeness (QED) is 0.705. The maximum absolute atomic E-state index is 11.8. The number of carbonyl (C=O) groups is 1. The van der Waals surface area contributed by atoms with E-state index in [2.05, 4.69) is 12.2 Å². The zero-order valence-corrected chi connectivity index (χ0v) is 12.5. The molecule has 4 nitrogen and oxygen atoms in total. The fourth-order valence-corrected chi connectivity index (χ4v) is 1.99. The van der Waals surface area contributed by atoms with Gasteiger partial charge in [0, 0.05) is 12.2 Å². The highest BCUT2D eigenvalue weighted by Crippen LogP contribution is 2.13. The zero-order chi connectivity index (χ0) is 14.8. The lowest BCUT2D eigenvalue weighted by atomic mass is 10.1. The second-order valence-corrected chi connectivity index (χ2v) is 4.96. The molecule has 0 aliphatic carbocycles. The molecule has 0 aromatic heterocycles. The van der Waals surface area contributed by atoms with Crippen LogP contribution >= 0.6 is 0 Å². The summed E-state index contributed by atoms with van der Waals surface area (Å²) >= 11 is 0. The topological polar surface area (TPSA) is 64.3 Å². The number of amides is 1. The number of rotatable bonds is 8. The van der Waals surface area contributed by atoms with Crippen LogP contribution < -0.4 is 11.1 Å². The SMILES string of the molecule is CCCCCC(CC)OC(=O)Nc1ccc(CN)cc1. The molecule has 0 aliphatic rings. The van der Waals surface area contributed by atoms with E-state index in [1.807, 2.05) is 31.2 Å². The Labute approximate surface area is 121 Å². The monoisotopic (exact) mass is 278 g/mol. The molecular weight excluding hydrogens is 252 g/mol. The molecule has 112 valence electrons. The molecule has 4 heteroatoms. The van der Waals surface area contributed by atoms with Gasteiger partial charge in [0.2, 0.25) is 0 Å². The summed E-state index contributed by atoms with van der Waals surface area (Å²) in [6, 6.07) is 7.46. The maximum atomic E-state index is 11.8. The smallest absolute Gasteiger partial charge is 0.411 e. The Bertz CT molecular complexity index is 390. The van der Waals surface area contributed by atoms with E-state index in [0.717, 1.165) is 30.5 Å². The number of benzene rings is 1. The summed E-state index contributed by atoms with van der Waals surface area (Å²) in [7, 11) is 0. The maximum Gasteiger partial charge on any atom is 0.411 e. The normalized spacial score (nSPS) is 11.9. The van der Waals surface area contributed by atoms with Crippen LogP contribution in [-0.4, -0.2) is 12.2 Å². The fraction of sp³-hybridized carbons (Fsp3) is 0.562. The Kier molecular flexibility index (Phi) is 7.73. The summed E-state index contributed by atoms with van der Waals surface area (Å²) < 4.78 is 5.43. The van der Waals surface area contributed by atoms with Crippen LogP contribution in [-0.2, 0) is 11.3 Å². The minimum Gasteiger partial charge on any atom is -0.446 e. The molecule has 1 unspecified atom stereocenters. The predicted octanol–water partition coefficient (Wildman–Crippen LogP) is 4.05. The number of hydrogen-bond acceptors (Lipinski definition) is 3. The molecule has 3 N–H and O–H groups in total. The van der Waals surface area contributed by atoms with Gasteiger partial charge in [-0.1, -0.05) is 38.8 Å². The van der Waals surface area contributed by atoms with Gasteiger partial charge < -0.3 is 10.5 Å². The van der Waals surface area contributed by atoms with Gasteiger partial charge in [-0.15, -0.1) is 0 Å². The number of hydrogen-bond donors (Lipinski definition) is 2. The van der Waals surface area contributed by atoms with Crippen LogP contribution in [0.5, 0.6) is 0 Å². The summed E-state index contributed by atoms with van der Waals surface area (Å²) in [4.78, 5) is 11.8. The summed E-state index contributed by atoms with van der Waals surface area (Å²) in [6.07, 6.45) is 4.87. The van der Waals surface area contributed by atoms with Gasteiger partial charge in [-0.05, 0) is 37.0 Å². The van der Waals surface area contributed by atoms with E-state index in [-0.39, 0.29) is 12.2 Å². The van der Waals surface area contributed by atoms with Crippen molar-refractivity contribution < 1.29 is 9.53 Å². The van der Waals surface area contributed by atoms with E-state index in [9.17, 15) is 4.79 Å². The van der Waals surface area contributed by atoms with E-state index in [0.29, 0.717) is 6.54 Å². The summed E-state index contributed by atoms with van der Waals surface area (Å²) in [5.41, 5.74) is 7.30. The highest BCUT2D eigenvalue weighted by atomic mass is 16.6. The van der Waals surface area contributed by atoms with E-state index < -0.39 is 0 Å². The van der Waals surface area contributed by atoms with E-state index in [1.54, 1.807) is 0 Å². The number of carbonyl (C=O) groups excluding carboxylic acids is 1. The van der Waals surface area contributed by atoms with Crippen LogP contribution in [0.25, 0.3) is 0 Å². The molecule has 0 spiro atoms. The molecule has 1 aromatic rings. The first-order valence-corrected chi connectivity index (χ1v) is 7.46. The van der Waals surface area contributed by atoms with Crippen molar-refractivity contribution in [2.24, 2.45) is 5.73 Å². The van der Waals surface area contributed by atoms with Gasteiger partial charge in [0.15, 0.2) is 0 Å². The van der Waals surface area contributed by atoms with E-state index in [1.165, 1.54) is 12.8 Å². The second kappa shape index (κ2) is 9.37. The molecule has 0 saturated carbocycles. The number of nitrogens with one attached hydrogen (secondary N) is 1. The van der Waals surface area contributed by atoms with Crippen molar-refractivity contribution in [3.05, 3.63) is 29.8 Å². The van der Waals surface area contributed by atoms with Crippen molar-refractivity contribution in [3.63, 3.8) is 0 Å². The van der Waals surface area contributed by atoms with Crippen molar-refractivity contribution in [2.75, 3.05) is 5.32 Å². The van der Waals surface area contributed by atoms with Crippen molar-refractivity contribution >= 4 is 11.8 Å². The summed E-state index contributed by atoms with van der Waals surface area (Å²) in [6.45, 7) is 4.71. The van der Waals surface area contributed by atoms with E-state index in [4.69, 9.17) is 10.5 Å². The molecule has 0 bridgehead atoms. The van der Waals surface area contributed by atoms with Crippen LogP contribution in [0.2, 0.25) is 0 Å². The minimum atomic E-state index is -0.381. The zero-order valence-electron chi connectivity index (χ0n) is 12.5. The average Bonchev–Trinajstić information content (AvgIpc) is 2.47. The fourth-order valence-electron chi connectivity index (χ4n) is 1.99. The van der Waals surface area contributed by atoms with Crippen LogP contribution in [0.3, 0.4) is 0 Å². The predicted molar refractivity (Wildman–Crippen MR) is 82.7 cm³/mol. The number of anilines is 1. The van der Waals surface area contributed by atoms with Crippen LogP contribution in [0.15, 0.2) is 24.3 Å². The Morgan fingerprint density at radius 2 is 1.95 bits per heavy atom. The second-order valence-electron chi connectivity index (χ2n) is 4.96.